The number of aryl methyl sites for hydroxylation is 2. The maximum Gasteiger partial charge on any atom is 0.203 e. The maximum absolute atomic E-state index is 11.5. The van der Waals surface area contributed by atoms with Crippen LogP contribution >= 0.6 is 11.6 Å². The van der Waals surface area contributed by atoms with Gasteiger partial charge in [-0.3, -0.25) is 9.48 Å². The third-order valence-corrected chi connectivity index (χ3v) is 3.74. The highest BCUT2D eigenvalue weighted by molar-refractivity contribution is 6.31. The van der Waals surface area contributed by atoms with Crippen molar-refractivity contribution >= 4 is 17.4 Å². The van der Waals surface area contributed by atoms with Crippen LogP contribution in [0, 0.1) is 6.92 Å². The van der Waals surface area contributed by atoms with Crippen LogP contribution in [0.2, 0.25) is 5.02 Å². The van der Waals surface area contributed by atoms with Crippen LogP contribution in [0.4, 0.5) is 0 Å². The highest BCUT2D eigenvalue weighted by Gasteiger charge is 2.21. The number of hydrogen-bond acceptors (Lipinski definition) is 4. The number of aromatic nitrogens is 2. The molecule has 0 aliphatic carbocycles. The third kappa shape index (κ3) is 2.14. The van der Waals surface area contributed by atoms with E-state index in [2.05, 4.69) is 5.10 Å². The van der Waals surface area contributed by atoms with Gasteiger partial charge in [-0.05, 0) is 19.1 Å². The molecule has 0 amide bonds. The van der Waals surface area contributed by atoms with E-state index in [0.29, 0.717) is 28.7 Å². The van der Waals surface area contributed by atoms with E-state index in [1.165, 1.54) is 0 Å². The van der Waals surface area contributed by atoms with E-state index in [1.54, 1.807) is 22.9 Å². The highest BCUT2D eigenvalue weighted by Crippen LogP contribution is 2.30. The Labute approximate surface area is 121 Å². The standard InChI is InChI=1S/C14H13ClN2O3/c1-8-14(15)11(17(2)16-8)6-19-9-3-4-10-12(18)7-20-13(10)5-9/h3-5H,6-7H2,1-2H3. The Morgan fingerprint density at radius 3 is 3.00 bits per heavy atom. The van der Waals surface area contributed by atoms with E-state index in [0.717, 1.165) is 11.4 Å². The molecule has 20 heavy (non-hydrogen) atoms. The van der Waals surface area contributed by atoms with Crippen molar-refractivity contribution in [1.29, 1.82) is 0 Å². The number of ketones is 1. The molecule has 1 aromatic heterocycles. The van der Waals surface area contributed by atoms with Gasteiger partial charge in [-0.1, -0.05) is 11.6 Å². The molecule has 0 saturated carbocycles. The number of carbonyl (C=O) groups is 1. The zero-order valence-corrected chi connectivity index (χ0v) is 11.9. The molecule has 0 unspecified atom stereocenters. The Kier molecular flexibility index (Phi) is 3.14. The summed E-state index contributed by atoms with van der Waals surface area (Å²) >= 11 is 6.16. The van der Waals surface area contributed by atoms with Crippen molar-refractivity contribution in [3.8, 4) is 11.5 Å². The molecule has 2 aromatic rings. The summed E-state index contributed by atoms with van der Waals surface area (Å²) in [6.07, 6.45) is 0. The van der Waals surface area contributed by atoms with E-state index in [4.69, 9.17) is 21.1 Å². The zero-order valence-electron chi connectivity index (χ0n) is 11.1. The monoisotopic (exact) mass is 292 g/mol. The molecule has 0 radical (unpaired) electrons. The van der Waals surface area contributed by atoms with Gasteiger partial charge in [0.15, 0.2) is 6.61 Å². The topological polar surface area (TPSA) is 53.4 Å². The Balaban J connectivity index is 1.78. The zero-order chi connectivity index (χ0) is 14.3. The van der Waals surface area contributed by atoms with E-state index in [1.807, 2.05) is 14.0 Å². The van der Waals surface area contributed by atoms with Gasteiger partial charge in [-0.15, -0.1) is 0 Å². The van der Waals surface area contributed by atoms with Crippen LogP contribution in [-0.2, 0) is 13.7 Å². The molecular formula is C14H13ClN2O3. The first-order valence-electron chi connectivity index (χ1n) is 6.17. The molecule has 0 atom stereocenters. The molecule has 0 N–H and O–H groups in total. The molecule has 0 spiro atoms. The van der Waals surface area contributed by atoms with Crippen LogP contribution in [0.15, 0.2) is 18.2 Å². The second-order valence-electron chi connectivity index (χ2n) is 4.63. The molecule has 6 heteroatoms. The minimum Gasteiger partial charge on any atom is -0.487 e. The fourth-order valence-corrected chi connectivity index (χ4v) is 2.37. The highest BCUT2D eigenvalue weighted by atomic mass is 35.5. The largest absolute Gasteiger partial charge is 0.487 e. The Morgan fingerprint density at radius 2 is 2.30 bits per heavy atom. The Hall–Kier alpha value is -2.01. The average Bonchev–Trinajstić information content (AvgIpc) is 2.90. The van der Waals surface area contributed by atoms with Crippen LogP contribution in [-0.4, -0.2) is 22.2 Å². The van der Waals surface area contributed by atoms with E-state index in [9.17, 15) is 4.79 Å². The molecular weight excluding hydrogens is 280 g/mol. The molecule has 1 aliphatic rings. The Bertz CT molecular complexity index is 694. The first-order valence-corrected chi connectivity index (χ1v) is 6.55. The predicted octanol–water partition coefficient (Wildman–Crippen LogP) is 2.54. The molecule has 0 bridgehead atoms. The summed E-state index contributed by atoms with van der Waals surface area (Å²) in [5.74, 6) is 1.20. The van der Waals surface area contributed by atoms with Crippen molar-refractivity contribution in [3.63, 3.8) is 0 Å². The van der Waals surface area contributed by atoms with E-state index in [-0.39, 0.29) is 12.4 Å². The van der Waals surface area contributed by atoms with Gasteiger partial charge in [0, 0.05) is 13.1 Å². The number of benzene rings is 1. The van der Waals surface area contributed by atoms with E-state index >= 15 is 0 Å². The number of ether oxygens (including phenoxy) is 2. The average molecular weight is 293 g/mol. The van der Waals surface area contributed by atoms with Crippen molar-refractivity contribution < 1.29 is 14.3 Å². The van der Waals surface area contributed by atoms with Gasteiger partial charge in [0.25, 0.3) is 0 Å². The molecule has 0 fully saturated rings. The molecule has 0 saturated heterocycles. The second-order valence-corrected chi connectivity index (χ2v) is 5.01. The lowest BCUT2D eigenvalue weighted by Gasteiger charge is -2.08. The summed E-state index contributed by atoms with van der Waals surface area (Å²) in [7, 11) is 1.82. The van der Waals surface area contributed by atoms with Gasteiger partial charge in [0.2, 0.25) is 5.78 Å². The van der Waals surface area contributed by atoms with Crippen molar-refractivity contribution in [2.24, 2.45) is 7.05 Å². The lowest BCUT2D eigenvalue weighted by molar-refractivity contribution is 0.0961. The number of fused-ring (bicyclic) bond motifs is 1. The number of Topliss-reactive ketones (excluding diaryl/α,β-unsaturated/α-hetero) is 1. The van der Waals surface area contributed by atoms with Crippen LogP contribution in [0.5, 0.6) is 11.5 Å². The first kappa shape index (κ1) is 13.0. The van der Waals surface area contributed by atoms with Crippen LogP contribution in [0.1, 0.15) is 21.7 Å². The second kappa shape index (κ2) is 4.83. The first-order chi connectivity index (χ1) is 9.56. The minimum atomic E-state index is -0.00291. The summed E-state index contributed by atoms with van der Waals surface area (Å²) < 4.78 is 12.7. The lowest BCUT2D eigenvalue weighted by Crippen LogP contribution is -2.03. The quantitative estimate of drug-likeness (QED) is 0.872. The molecule has 5 nitrogen and oxygen atoms in total. The van der Waals surface area contributed by atoms with Gasteiger partial charge in [-0.25, -0.2) is 0 Å². The number of nitrogens with zero attached hydrogens (tertiary/aromatic N) is 2. The van der Waals surface area contributed by atoms with Crippen molar-refractivity contribution in [2.75, 3.05) is 6.61 Å². The van der Waals surface area contributed by atoms with Gasteiger partial charge in [-0.2, -0.15) is 5.10 Å². The van der Waals surface area contributed by atoms with Crippen LogP contribution < -0.4 is 9.47 Å². The molecule has 1 aliphatic heterocycles. The molecule has 3 rings (SSSR count). The summed E-state index contributed by atoms with van der Waals surface area (Å²) in [4.78, 5) is 11.5. The van der Waals surface area contributed by atoms with Gasteiger partial charge < -0.3 is 9.47 Å². The third-order valence-electron chi connectivity index (χ3n) is 3.25. The number of carbonyl (C=O) groups excluding carboxylic acids is 1. The number of rotatable bonds is 3. The van der Waals surface area contributed by atoms with E-state index < -0.39 is 0 Å². The summed E-state index contributed by atoms with van der Waals surface area (Å²) in [5.41, 5.74) is 2.18. The molecule has 1 aromatic carbocycles. The fraction of sp³-hybridized carbons (Fsp3) is 0.286. The SMILES string of the molecule is Cc1nn(C)c(COc2ccc3c(c2)OCC3=O)c1Cl. The summed E-state index contributed by atoms with van der Waals surface area (Å²) in [5, 5.41) is 4.84. The van der Waals surface area contributed by atoms with Crippen LogP contribution in [0.3, 0.4) is 0 Å². The summed E-state index contributed by atoms with van der Waals surface area (Å²) in [6.45, 7) is 2.26. The number of halogens is 1. The maximum atomic E-state index is 11.5. The summed E-state index contributed by atoms with van der Waals surface area (Å²) in [6, 6.07) is 5.19. The smallest absolute Gasteiger partial charge is 0.203 e. The van der Waals surface area contributed by atoms with Crippen molar-refractivity contribution in [1.82, 2.24) is 9.78 Å². The minimum absolute atomic E-state index is 0.00291. The number of hydrogen-bond donors (Lipinski definition) is 0. The van der Waals surface area contributed by atoms with Gasteiger partial charge >= 0.3 is 0 Å². The van der Waals surface area contributed by atoms with Crippen molar-refractivity contribution in [3.05, 3.63) is 40.2 Å². The van der Waals surface area contributed by atoms with Crippen molar-refractivity contribution in [2.45, 2.75) is 13.5 Å². The normalized spacial score (nSPS) is 13.2. The van der Waals surface area contributed by atoms with Crippen LogP contribution in [0.25, 0.3) is 0 Å². The fourth-order valence-electron chi connectivity index (χ4n) is 2.15. The lowest BCUT2D eigenvalue weighted by atomic mass is 10.1. The Morgan fingerprint density at radius 1 is 1.50 bits per heavy atom. The molecule has 2 heterocycles. The predicted molar refractivity (Wildman–Crippen MR) is 73.6 cm³/mol. The van der Waals surface area contributed by atoms with Gasteiger partial charge in [0.1, 0.15) is 18.1 Å². The van der Waals surface area contributed by atoms with Gasteiger partial charge in [0.05, 0.1) is 22.0 Å². The molecule has 104 valence electrons.